The Balaban J connectivity index is 2.99. The van der Waals surface area contributed by atoms with Crippen molar-refractivity contribution in [2.75, 3.05) is 11.9 Å². The highest BCUT2D eigenvalue weighted by molar-refractivity contribution is 9.10. The maximum absolute atomic E-state index is 11.1. The fourth-order valence-electron chi connectivity index (χ4n) is 1.48. The van der Waals surface area contributed by atoms with Gasteiger partial charge in [-0.25, -0.2) is 4.79 Å². The quantitative estimate of drug-likeness (QED) is 0.812. The molecule has 1 aromatic rings. The van der Waals surface area contributed by atoms with E-state index in [-0.39, 0.29) is 0 Å². The van der Waals surface area contributed by atoms with Gasteiger partial charge < -0.3 is 10.4 Å². The maximum atomic E-state index is 11.1. The minimum Gasteiger partial charge on any atom is -0.478 e. The lowest BCUT2D eigenvalue weighted by Gasteiger charge is -2.12. The summed E-state index contributed by atoms with van der Waals surface area (Å²) in [4.78, 5) is 11.1. The number of rotatable bonds is 5. The van der Waals surface area contributed by atoms with E-state index in [1.807, 2.05) is 13.0 Å². The summed E-state index contributed by atoms with van der Waals surface area (Å²) >= 11 is 3.39. The summed E-state index contributed by atoms with van der Waals surface area (Å²) in [7, 11) is 0. The largest absolute Gasteiger partial charge is 0.478 e. The minimum atomic E-state index is -0.900. The Morgan fingerprint density at radius 2 is 2.19 bits per heavy atom. The number of carboxylic acids is 1. The monoisotopic (exact) mass is 285 g/mol. The smallest absolute Gasteiger partial charge is 0.337 e. The number of unbranched alkanes of at least 4 members (excludes halogenated alkanes) is 1. The summed E-state index contributed by atoms with van der Waals surface area (Å²) in [6.07, 6.45) is 2.11. The molecule has 16 heavy (non-hydrogen) atoms. The molecule has 0 aliphatic carbocycles. The highest BCUT2D eigenvalue weighted by Crippen LogP contribution is 2.28. The Labute approximate surface area is 104 Å². The Morgan fingerprint density at radius 1 is 1.50 bits per heavy atom. The fraction of sp³-hybridized carbons (Fsp3) is 0.417. The second-order valence-electron chi connectivity index (χ2n) is 3.75. The average Bonchev–Trinajstić information content (AvgIpc) is 2.20. The molecule has 0 heterocycles. The zero-order valence-corrected chi connectivity index (χ0v) is 11.1. The third kappa shape index (κ3) is 3.23. The molecular weight excluding hydrogens is 270 g/mol. The van der Waals surface area contributed by atoms with Crippen molar-refractivity contribution in [1.29, 1.82) is 0 Å². The number of nitrogens with one attached hydrogen (secondary N) is 1. The first-order chi connectivity index (χ1) is 7.56. The molecule has 2 N–H and O–H groups in total. The number of benzene rings is 1. The molecule has 4 heteroatoms. The second kappa shape index (κ2) is 5.89. The highest BCUT2D eigenvalue weighted by Gasteiger charge is 2.13. The number of hydrogen-bond donors (Lipinski definition) is 2. The average molecular weight is 286 g/mol. The van der Waals surface area contributed by atoms with Crippen LogP contribution in [0.15, 0.2) is 16.6 Å². The third-order valence-electron chi connectivity index (χ3n) is 2.30. The molecule has 1 aromatic carbocycles. The van der Waals surface area contributed by atoms with Crippen LogP contribution >= 0.6 is 15.9 Å². The topological polar surface area (TPSA) is 49.3 Å². The van der Waals surface area contributed by atoms with Crippen LogP contribution in [0.4, 0.5) is 5.69 Å². The third-order valence-corrected chi connectivity index (χ3v) is 2.92. The number of aryl methyl sites for hydroxylation is 1. The van der Waals surface area contributed by atoms with Crippen LogP contribution in [0.2, 0.25) is 0 Å². The van der Waals surface area contributed by atoms with Gasteiger partial charge in [-0.15, -0.1) is 0 Å². The van der Waals surface area contributed by atoms with E-state index in [2.05, 4.69) is 28.2 Å². The van der Waals surface area contributed by atoms with Crippen molar-refractivity contribution in [2.24, 2.45) is 0 Å². The van der Waals surface area contributed by atoms with Gasteiger partial charge >= 0.3 is 5.97 Å². The molecule has 0 saturated carbocycles. The molecule has 0 saturated heterocycles. The van der Waals surface area contributed by atoms with Gasteiger partial charge in [0.05, 0.1) is 11.3 Å². The van der Waals surface area contributed by atoms with E-state index in [9.17, 15) is 4.79 Å². The molecule has 0 aromatic heterocycles. The van der Waals surface area contributed by atoms with Crippen molar-refractivity contribution < 1.29 is 9.90 Å². The normalized spacial score (nSPS) is 10.2. The second-order valence-corrected chi connectivity index (χ2v) is 4.61. The lowest BCUT2D eigenvalue weighted by atomic mass is 10.1. The van der Waals surface area contributed by atoms with E-state index in [0.717, 1.165) is 29.4 Å². The number of anilines is 1. The summed E-state index contributed by atoms with van der Waals surface area (Å²) in [5.41, 5.74) is 1.93. The summed E-state index contributed by atoms with van der Waals surface area (Å²) in [6, 6.07) is 3.60. The number of aromatic carboxylic acids is 1. The van der Waals surface area contributed by atoms with Gasteiger partial charge in [-0.3, -0.25) is 0 Å². The zero-order chi connectivity index (χ0) is 12.1. The van der Waals surface area contributed by atoms with Crippen LogP contribution < -0.4 is 5.32 Å². The molecule has 0 radical (unpaired) electrons. The first-order valence-electron chi connectivity index (χ1n) is 5.33. The van der Waals surface area contributed by atoms with E-state index in [1.165, 1.54) is 0 Å². The molecule has 0 bridgehead atoms. The first kappa shape index (κ1) is 13.0. The Hall–Kier alpha value is -1.03. The van der Waals surface area contributed by atoms with E-state index in [0.29, 0.717) is 11.3 Å². The molecule has 1 rings (SSSR count). The number of halogens is 1. The van der Waals surface area contributed by atoms with Crippen molar-refractivity contribution in [3.05, 3.63) is 27.7 Å². The SMILES string of the molecule is CCCCNc1c(Br)cc(C)cc1C(=O)O. The van der Waals surface area contributed by atoms with Crippen molar-refractivity contribution in [2.45, 2.75) is 26.7 Å². The van der Waals surface area contributed by atoms with Crippen LogP contribution in [0, 0.1) is 6.92 Å². The summed E-state index contributed by atoms with van der Waals surface area (Å²) in [5.74, 6) is -0.900. The zero-order valence-electron chi connectivity index (χ0n) is 9.51. The van der Waals surface area contributed by atoms with Crippen LogP contribution in [0.5, 0.6) is 0 Å². The van der Waals surface area contributed by atoms with Gasteiger partial charge in [-0.1, -0.05) is 13.3 Å². The van der Waals surface area contributed by atoms with Crippen LogP contribution in [0.25, 0.3) is 0 Å². The summed E-state index contributed by atoms with van der Waals surface area (Å²) < 4.78 is 0.806. The van der Waals surface area contributed by atoms with E-state index >= 15 is 0 Å². The van der Waals surface area contributed by atoms with Gasteiger partial charge in [0.15, 0.2) is 0 Å². The molecule has 0 fully saturated rings. The van der Waals surface area contributed by atoms with Crippen molar-refractivity contribution in [1.82, 2.24) is 0 Å². The molecule has 0 aliphatic heterocycles. The van der Waals surface area contributed by atoms with Gasteiger partial charge in [0.2, 0.25) is 0 Å². The fourth-order valence-corrected chi connectivity index (χ4v) is 2.20. The van der Waals surface area contributed by atoms with Crippen LogP contribution in [-0.4, -0.2) is 17.6 Å². The molecule has 0 atom stereocenters. The van der Waals surface area contributed by atoms with E-state index < -0.39 is 5.97 Å². The minimum absolute atomic E-state index is 0.322. The lowest BCUT2D eigenvalue weighted by Crippen LogP contribution is -2.08. The van der Waals surface area contributed by atoms with Gasteiger partial charge in [0.1, 0.15) is 0 Å². The number of carboxylic acid groups (broad SMARTS) is 1. The predicted octanol–water partition coefficient (Wildman–Crippen LogP) is 3.67. The Bertz CT molecular complexity index is 391. The predicted molar refractivity (Wildman–Crippen MR) is 69.2 cm³/mol. The standard InChI is InChI=1S/C12H16BrNO2/c1-3-4-5-14-11-9(12(15)16)6-8(2)7-10(11)13/h6-7,14H,3-5H2,1-2H3,(H,15,16). The van der Waals surface area contributed by atoms with Gasteiger partial charge in [-0.2, -0.15) is 0 Å². The van der Waals surface area contributed by atoms with Gasteiger partial charge in [0.25, 0.3) is 0 Å². The Kier molecular flexibility index (Phi) is 4.80. The molecule has 3 nitrogen and oxygen atoms in total. The van der Waals surface area contributed by atoms with Gasteiger partial charge in [0, 0.05) is 11.0 Å². The summed E-state index contributed by atoms with van der Waals surface area (Å²) in [5, 5.41) is 12.3. The molecule has 0 amide bonds. The maximum Gasteiger partial charge on any atom is 0.337 e. The van der Waals surface area contributed by atoms with Crippen molar-refractivity contribution in [3.8, 4) is 0 Å². The number of carbonyl (C=O) groups is 1. The number of hydrogen-bond acceptors (Lipinski definition) is 2. The lowest BCUT2D eigenvalue weighted by molar-refractivity contribution is 0.0697. The van der Waals surface area contributed by atoms with Crippen molar-refractivity contribution in [3.63, 3.8) is 0 Å². The van der Waals surface area contributed by atoms with Crippen LogP contribution in [0.1, 0.15) is 35.7 Å². The van der Waals surface area contributed by atoms with Crippen LogP contribution in [-0.2, 0) is 0 Å². The molecule has 88 valence electrons. The molecule has 0 aliphatic rings. The Morgan fingerprint density at radius 3 is 2.75 bits per heavy atom. The molecule has 0 spiro atoms. The van der Waals surface area contributed by atoms with E-state index in [4.69, 9.17) is 5.11 Å². The molecular formula is C12H16BrNO2. The first-order valence-corrected chi connectivity index (χ1v) is 6.13. The van der Waals surface area contributed by atoms with Gasteiger partial charge in [-0.05, 0) is 47.0 Å². The van der Waals surface area contributed by atoms with E-state index in [1.54, 1.807) is 6.07 Å². The van der Waals surface area contributed by atoms with Crippen molar-refractivity contribution >= 4 is 27.6 Å². The summed E-state index contributed by atoms with van der Waals surface area (Å²) in [6.45, 7) is 4.77. The van der Waals surface area contributed by atoms with Crippen LogP contribution in [0.3, 0.4) is 0 Å². The highest BCUT2D eigenvalue weighted by atomic mass is 79.9. The molecule has 0 unspecified atom stereocenters.